The number of benzene rings is 2. The summed E-state index contributed by atoms with van der Waals surface area (Å²) in [5.74, 6) is 0. The summed E-state index contributed by atoms with van der Waals surface area (Å²) in [7, 11) is 0. The van der Waals surface area contributed by atoms with Crippen LogP contribution in [0, 0.1) is 10.1 Å². The fourth-order valence-electron chi connectivity index (χ4n) is 2.09. The summed E-state index contributed by atoms with van der Waals surface area (Å²) in [4.78, 5) is 10.2. The lowest BCUT2D eigenvalue weighted by Crippen LogP contribution is -1.87. The minimum atomic E-state index is -0.388. The van der Waals surface area contributed by atoms with E-state index in [2.05, 4.69) is 24.3 Å². The van der Waals surface area contributed by atoms with Crippen molar-refractivity contribution in [2.24, 2.45) is 0 Å². The van der Waals surface area contributed by atoms with E-state index >= 15 is 0 Å². The zero-order valence-electron chi connectivity index (χ0n) is 11.9. The van der Waals surface area contributed by atoms with E-state index in [-0.39, 0.29) is 10.6 Å². The lowest BCUT2D eigenvalue weighted by atomic mass is 10.0. The monoisotopic (exact) mass is 279 g/mol. The highest BCUT2D eigenvalue weighted by molar-refractivity contribution is 5.56. The third kappa shape index (κ3) is 4.14. The number of rotatable bonds is 5. The van der Waals surface area contributed by atoms with Gasteiger partial charge in [0, 0.05) is 12.1 Å². The van der Waals surface area contributed by atoms with Crippen LogP contribution >= 0.6 is 0 Å². The van der Waals surface area contributed by atoms with Gasteiger partial charge >= 0.3 is 0 Å². The van der Waals surface area contributed by atoms with Crippen molar-refractivity contribution in [3.8, 4) is 0 Å². The van der Waals surface area contributed by atoms with E-state index in [1.54, 1.807) is 12.1 Å². The number of hydrogen-bond acceptors (Lipinski definition) is 2. The van der Waals surface area contributed by atoms with E-state index < -0.39 is 0 Å². The van der Waals surface area contributed by atoms with Crippen LogP contribution in [0.1, 0.15) is 23.6 Å². The van der Waals surface area contributed by atoms with E-state index in [9.17, 15) is 10.1 Å². The van der Waals surface area contributed by atoms with Crippen LogP contribution in [-0.4, -0.2) is 4.92 Å². The summed E-state index contributed by atoms with van der Waals surface area (Å²) in [6.45, 7) is 2.00. The topological polar surface area (TPSA) is 43.1 Å². The zero-order chi connectivity index (χ0) is 15.1. The number of nitrogens with zero attached hydrogens (tertiary/aromatic N) is 1. The first-order valence-corrected chi connectivity index (χ1v) is 6.82. The Morgan fingerprint density at radius 1 is 1.05 bits per heavy atom. The van der Waals surface area contributed by atoms with Gasteiger partial charge in [0.25, 0.3) is 5.69 Å². The first-order chi connectivity index (χ1) is 10.2. The molecule has 106 valence electrons. The fourth-order valence-corrected chi connectivity index (χ4v) is 2.09. The number of nitro benzene ring substituents is 1. The predicted molar refractivity (Wildman–Crippen MR) is 87.0 cm³/mol. The van der Waals surface area contributed by atoms with Crippen molar-refractivity contribution < 1.29 is 4.92 Å². The van der Waals surface area contributed by atoms with Crippen molar-refractivity contribution >= 4 is 17.8 Å². The highest BCUT2D eigenvalue weighted by Gasteiger charge is 2.02. The molecule has 0 aliphatic heterocycles. The maximum atomic E-state index is 10.6. The van der Waals surface area contributed by atoms with E-state index in [0.717, 1.165) is 12.0 Å². The van der Waals surface area contributed by atoms with Gasteiger partial charge in [-0.15, -0.1) is 0 Å². The molecule has 0 saturated carbocycles. The Balaban J connectivity index is 2.07. The highest BCUT2D eigenvalue weighted by Crippen LogP contribution is 2.15. The molecule has 21 heavy (non-hydrogen) atoms. The van der Waals surface area contributed by atoms with Crippen LogP contribution < -0.4 is 0 Å². The molecule has 0 fully saturated rings. The second kappa shape index (κ2) is 7.20. The second-order valence-corrected chi connectivity index (χ2v) is 4.65. The van der Waals surface area contributed by atoms with Crippen LogP contribution in [0.3, 0.4) is 0 Å². The van der Waals surface area contributed by atoms with Gasteiger partial charge in [-0.1, -0.05) is 48.6 Å². The molecule has 0 atom stereocenters. The van der Waals surface area contributed by atoms with Crippen LogP contribution in [0.4, 0.5) is 5.69 Å². The molecule has 2 rings (SSSR count). The van der Waals surface area contributed by atoms with Gasteiger partial charge in [-0.3, -0.25) is 10.1 Å². The quantitative estimate of drug-likeness (QED) is 0.578. The molecule has 0 amide bonds. The fraction of sp³-hybridized carbons (Fsp3) is 0.111. The van der Waals surface area contributed by atoms with Crippen molar-refractivity contribution in [2.75, 3.05) is 0 Å². The average molecular weight is 279 g/mol. The lowest BCUT2D eigenvalue weighted by Gasteiger charge is -2.02. The maximum absolute atomic E-state index is 10.6. The summed E-state index contributed by atoms with van der Waals surface area (Å²) < 4.78 is 0. The molecule has 2 aromatic rings. The predicted octanol–water partition coefficient (Wildman–Crippen LogP) is 4.88. The smallest absolute Gasteiger partial charge is 0.258 e. The third-order valence-corrected chi connectivity index (χ3v) is 3.15. The van der Waals surface area contributed by atoms with Crippen molar-refractivity contribution in [3.63, 3.8) is 0 Å². The van der Waals surface area contributed by atoms with Gasteiger partial charge < -0.3 is 0 Å². The van der Waals surface area contributed by atoms with Crippen LogP contribution in [-0.2, 0) is 6.42 Å². The molecule has 3 heteroatoms. The number of hydrogen-bond donors (Lipinski definition) is 0. The molecular weight excluding hydrogens is 262 g/mol. The molecule has 0 spiro atoms. The molecular formula is C18H17NO2. The first kappa shape index (κ1) is 14.7. The van der Waals surface area contributed by atoms with Crippen LogP contribution in [0.15, 0.2) is 60.7 Å². The molecule has 0 aromatic heterocycles. The van der Waals surface area contributed by atoms with Gasteiger partial charge in [0.1, 0.15) is 0 Å². The maximum Gasteiger partial charge on any atom is 0.269 e. The zero-order valence-corrected chi connectivity index (χ0v) is 11.9. The normalized spacial score (nSPS) is 11.3. The van der Waals surface area contributed by atoms with Gasteiger partial charge in [0.15, 0.2) is 0 Å². The number of non-ortho nitro benzene ring substituents is 1. The van der Waals surface area contributed by atoms with Crippen molar-refractivity contribution in [1.82, 2.24) is 0 Å². The molecule has 3 nitrogen and oxygen atoms in total. The summed E-state index contributed by atoms with van der Waals surface area (Å²) in [5, 5.41) is 10.6. The third-order valence-electron chi connectivity index (χ3n) is 3.15. The van der Waals surface area contributed by atoms with Crippen LogP contribution in [0.5, 0.6) is 0 Å². The SMILES string of the molecule is C/C=C/c1ccccc1C/C=C/c1ccc([N+](=O)[O-])cc1. The number of allylic oxidation sites excluding steroid dienone is 2. The minimum Gasteiger partial charge on any atom is -0.258 e. The Bertz CT molecular complexity index is 670. The van der Waals surface area contributed by atoms with Gasteiger partial charge in [-0.2, -0.15) is 0 Å². The van der Waals surface area contributed by atoms with E-state index in [1.807, 2.05) is 31.2 Å². The van der Waals surface area contributed by atoms with Crippen LogP contribution in [0.2, 0.25) is 0 Å². The first-order valence-electron chi connectivity index (χ1n) is 6.82. The highest BCUT2D eigenvalue weighted by atomic mass is 16.6. The van der Waals surface area contributed by atoms with Gasteiger partial charge in [-0.05, 0) is 42.2 Å². The van der Waals surface area contributed by atoms with E-state index in [4.69, 9.17) is 0 Å². The molecule has 0 N–H and O–H groups in total. The second-order valence-electron chi connectivity index (χ2n) is 4.65. The summed E-state index contributed by atoms with van der Waals surface area (Å²) in [5.41, 5.74) is 3.55. The Morgan fingerprint density at radius 2 is 1.76 bits per heavy atom. The van der Waals surface area contributed by atoms with Gasteiger partial charge in [0.2, 0.25) is 0 Å². The Morgan fingerprint density at radius 3 is 2.43 bits per heavy atom. The molecule has 0 heterocycles. The Hall–Kier alpha value is -2.68. The Labute approximate surface area is 124 Å². The summed E-state index contributed by atoms with van der Waals surface area (Å²) in [6.07, 6.45) is 9.01. The van der Waals surface area contributed by atoms with Crippen molar-refractivity contribution in [1.29, 1.82) is 0 Å². The largest absolute Gasteiger partial charge is 0.269 e. The van der Waals surface area contributed by atoms with E-state index in [1.165, 1.54) is 23.3 Å². The molecule has 0 aliphatic rings. The molecule has 0 radical (unpaired) electrons. The lowest BCUT2D eigenvalue weighted by molar-refractivity contribution is -0.384. The van der Waals surface area contributed by atoms with Crippen molar-refractivity contribution in [2.45, 2.75) is 13.3 Å². The minimum absolute atomic E-state index is 0.116. The van der Waals surface area contributed by atoms with E-state index in [0.29, 0.717) is 0 Å². The standard InChI is InChI=1S/C18H17NO2/c1-2-6-16-8-3-4-9-17(16)10-5-7-15-11-13-18(14-12-15)19(20)21/h2-9,11-14H,10H2,1H3/b6-2+,7-5+. The summed E-state index contributed by atoms with van der Waals surface area (Å²) >= 11 is 0. The molecule has 0 bridgehead atoms. The summed E-state index contributed by atoms with van der Waals surface area (Å²) in [6, 6.07) is 14.8. The van der Waals surface area contributed by atoms with Crippen LogP contribution in [0.25, 0.3) is 12.2 Å². The molecule has 0 saturated heterocycles. The van der Waals surface area contributed by atoms with Gasteiger partial charge in [-0.25, -0.2) is 0 Å². The molecule has 2 aromatic carbocycles. The Kier molecular flexibility index (Phi) is 5.04. The number of nitro groups is 1. The molecule has 0 aliphatic carbocycles. The average Bonchev–Trinajstić information content (AvgIpc) is 2.50. The van der Waals surface area contributed by atoms with Crippen molar-refractivity contribution in [3.05, 3.63) is 87.5 Å². The molecule has 0 unspecified atom stereocenters. The van der Waals surface area contributed by atoms with Gasteiger partial charge in [0.05, 0.1) is 4.92 Å².